The third-order valence-electron chi connectivity index (χ3n) is 5.91. The molecule has 0 spiro atoms. The van der Waals surface area contributed by atoms with Crippen molar-refractivity contribution in [3.8, 4) is 0 Å². The molecule has 0 unspecified atom stereocenters. The van der Waals surface area contributed by atoms with Crippen molar-refractivity contribution in [1.82, 2.24) is 0 Å². The number of methoxy groups -OCH3 is 2. The van der Waals surface area contributed by atoms with E-state index in [2.05, 4.69) is 142 Å². The average molecular weight is 727 g/mol. The minimum absolute atomic E-state index is 0.255. The van der Waals surface area contributed by atoms with Gasteiger partial charge in [0.05, 0.1) is 19.9 Å². The molecule has 1 N–H and O–H groups in total. The summed E-state index contributed by atoms with van der Waals surface area (Å²) >= 11 is 7.24. The van der Waals surface area contributed by atoms with Crippen LogP contribution in [0.5, 0.6) is 0 Å². The Bertz CT molecular complexity index is 1380. The zero-order valence-electron chi connectivity index (χ0n) is 31.3. The monoisotopic (exact) mass is 726 g/mol. The summed E-state index contributed by atoms with van der Waals surface area (Å²) < 4.78 is 9.24. The van der Waals surface area contributed by atoms with Gasteiger partial charge in [-0.15, -0.1) is 35.3 Å². The van der Waals surface area contributed by atoms with E-state index in [1.54, 1.807) is 49.3 Å². The van der Waals surface area contributed by atoms with E-state index in [4.69, 9.17) is 10.1 Å². The first-order valence-electron chi connectivity index (χ1n) is 15.4. The number of para-hydroxylation sites is 1. The zero-order chi connectivity index (χ0) is 36.7. The lowest BCUT2D eigenvalue weighted by Gasteiger charge is -1.97. The van der Waals surface area contributed by atoms with Gasteiger partial charge in [-0.1, -0.05) is 85.6 Å². The van der Waals surface area contributed by atoms with Crippen LogP contribution in [0.1, 0.15) is 44.4 Å². The lowest BCUT2D eigenvalue weighted by Crippen LogP contribution is -1.91. The first-order valence-corrected chi connectivity index (χ1v) is 20.4. The highest BCUT2D eigenvalue weighted by molar-refractivity contribution is 7.99. The van der Waals surface area contributed by atoms with Gasteiger partial charge < -0.3 is 9.47 Å². The molecule has 4 nitrogen and oxygen atoms in total. The molecule has 0 amide bonds. The molecule has 0 aliphatic carbocycles. The van der Waals surface area contributed by atoms with Gasteiger partial charge >= 0.3 is 0 Å². The number of thioether (sulfide) groups is 4. The van der Waals surface area contributed by atoms with Crippen molar-refractivity contribution in [1.29, 1.82) is 5.41 Å². The average Bonchev–Trinajstić information content (AvgIpc) is 3.10. The number of nitrogens with zero attached hydrogens (tertiary/aromatic N) is 1. The van der Waals surface area contributed by atoms with Crippen LogP contribution >= 0.6 is 47.0 Å². The van der Waals surface area contributed by atoms with E-state index in [9.17, 15) is 0 Å². The topological polar surface area (TPSA) is 54.7 Å². The highest BCUT2D eigenvalue weighted by Crippen LogP contribution is 2.18. The Hall–Kier alpha value is -2.78. The van der Waals surface area contributed by atoms with Crippen molar-refractivity contribution < 1.29 is 9.47 Å². The molecule has 0 aliphatic heterocycles. The van der Waals surface area contributed by atoms with Gasteiger partial charge in [0.25, 0.3) is 0 Å². The van der Waals surface area contributed by atoms with Crippen molar-refractivity contribution in [2.24, 2.45) is 4.99 Å². The van der Waals surface area contributed by atoms with Crippen molar-refractivity contribution in [3.05, 3.63) is 120 Å². The smallest absolute Gasteiger partial charge is 0.184 e. The number of rotatable bonds is 5. The number of aryl methyl sites for hydroxylation is 3. The van der Waals surface area contributed by atoms with Crippen LogP contribution in [0.25, 0.3) is 0 Å². The Morgan fingerprint density at radius 3 is 1.52 bits per heavy atom. The molecule has 0 radical (unpaired) electrons. The summed E-state index contributed by atoms with van der Waals surface area (Å²) in [6.07, 6.45) is 8.40. The molecule has 8 heteroatoms. The van der Waals surface area contributed by atoms with Crippen molar-refractivity contribution in [2.75, 3.05) is 39.2 Å². The molecule has 0 saturated carbocycles. The molecule has 0 saturated heterocycles. The van der Waals surface area contributed by atoms with Gasteiger partial charge in [-0.05, 0) is 99.1 Å². The minimum Gasteiger partial charge on any atom is -0.485 e. The maximum Gasteiger partial charge on any atom is 0.184 e. The molecule has 0 fully saturated rings. The van der Waals surface area contributed by atoms with E-state index in [0.717, 1.165) is 10.9 Å². The van der Waals surface area contributed by atoms with E-state index < -0.39 is 0 Å². The van der Waals surface area contributed by atoms with Gasteiger partial charge in [0.1, 0.15) is 0 Å². The summed E-state index contributed by atoms with van der Waals surface area (Å²) in [6.45, 7) is 14.1. The fourth-order valence-corrected chi connectivity index (χ4v) is 4.46. The van der Waals surface area contributed by atoms with Gasteiger partial charge in [0.2, 0.25) is 0 Å². The quantitative estimate of drug-likeness (QED) is 0.126. The molecular weight excluding hydrogens is 669 g/mol. The molecule has 48 heavy (non-hydrogen) atoms. The molecular formula is C40H58N2O2S4. The minimum atomic E-state index is 0.255. The maximum absolute atomic E-state index is 6.52. The van der Waals surface area contributed by atoms with Gasteiger partial charge in [-0.3, -0.25) is 5.41 Å². The van der Waals surface area contributed by atoms with Crippen LogP contribution < -0.4 is 0 Å². The summed E-state index contributed by atoms with van der Waals surface area (Å²) in [5.74, 6) is 0.932. The standard InChI is InChI=1S/C9H11NO.3C8H10S.C4H10S.C3H7NO/c1-8(11-2)10-9-6-4-3-5-7-9;1-7-3-5-8(9-2)6-4-7;1-7-4-3-5-8(6-7)9-2;1-7-5-3-4-6-8(7)9-2;1-4(2)5-3;1-3(4)5-2/h3-7H,1-2H3;3*3-6H,1-2H3;4H,1-3H3;4H,1-2H3. The zero-order valence-corrected chi connectivity index (χ0v) is 34.6. The van der Waals surface area contributed by atoms with Crippen LogP contribution in [0, 0.1) is 26.2 Å². The number of benzene rings is 4. The predicted molar refractivity (Wildman–Crippen MR) is 224 cm³/mol. The third-order valence-corrected chi connectivity index (χ3v) is 9.22. The van der Waals surface area contributed by atoms with Gasteiger partial charge in [0.15, 0.2) is 11.8 Å². The second kappa shape index (κ2) is 31.5. The number of aliphatic imine (C=N–C) groups is 1. The van der Waals surface area contributed by atoms with Crippen LogP contribution in [0.2, 0.25) is 0 Å². The lowest BCUT2D eigenvalue weighted by molar-refractivity contribution is 0.396. The third kappa shape index (κ3) is 28.3. The highest BCUT2D eigenvalue weighted by Gasteiger charge is 1.91. The number of ether oxygens (including phenoxy) is 2. The Balaban J connectivity index is 0. The Labute approximate surface area is 310 Å². The van der Waals surface area contributed by atoms with Crippen LogP contribution in [0.4, 0.5) is 5.69 Å². The van der Waals surface area contributed by atoms with Gasteiger partial charge in [-0.25, -0.2) is 4.99 Å². The Morgan fingerprint density at radius 2 is 1.15 bits per heavy atom. The molecule has 0 aliphatic rings. The van der Waals surface area contributed by atoms with Crippen molar-refractivity contribution >= 4 is 64.5 Å². The van der Waals surface area contributed by atoms with E-state index in [1.165, 1.54) is 38.5 Å². The summed E-state index contributed by atoms with van der Waals surface area (Å²) in [5, 5.41) is 7.32. The first kappa shape index (κ1) is 47.3. The molecule has 4 aromatic rings. The normalized spacial score (nSPS) is 9.67. The van der Waals surface area contributed by atoms with E-state index in [1.807, 2.05) is 49.0 Å². The number of hydrogen-bond acceptors (Lipinski definition) is 8. The number of hydrogen-bond donors (Lipinski definition) is 1. The van der Waals surface area contributed by atoms with E-state index >= 15 is 0 Å². The number of nitrogens with one attached hydrogen (secondary N) is 1. The first-order chi connectivity index (χ1) is 22.9. The molecule has 4 rings (SSSR count). The lowest BCUT2D eigenvalue weighted by atomic mass is 10.2. The van der Waals surface area contributed by atoms with E-state index in [-0.39, 0.29) is 5.90 Å². The van der Waals surface area contributed by atoms with Crippen molar-refractivity contribution in [2.45, 2.75) is 68.4 Å². The highest BCUT2D eigenvalue weighted by atomic mass is 32.2. The fraction of sp³-hybridized carbons (Fsp3) is 0.350. The maximum atomic E-state index is 6.52. The fourth-order valence-electron chi connectivity index (χ4n) is 2.93. The summed E-state index contributed by atoms with van der Waals surface area (Å²) in [5.41, 5.74) is 4.95. The molecule has 0 heterocycles. The molecule has 4 aromatic carbocycles. The summed E-state index contributed by atoms with van der Waals surface area (Å²) in [7, 11) is 3.09. The van der Waals surface area contributed by atoms with Gasteiger partial charge in [0, 0.05) is 28.5 Å². The van der Waals surface area contributed by atoms with Crippen LogP contribution in [-0.2, 0) is 9.47 Å². The Kier molecular flexibility index (Phi) is 31.1. The SMILES string of the molecule is COC(C)=N.COC(C)=Nc1ccccc1.CSC(C)C.CSc1ccc(C)cc1.CSc1cccc(C)c1.CSc1ccccc1C. The van der Waals surface area contributed by atoms with Crippen molar-refractivity contribution in [3.63, 3.8) is 0 Å². The summed E-state index contributed by atoms with van der Waals surface area (Å²) in [4.78, 5) is 8.22. The second-order valence-corrected chi connectivity index (χ2v) is 14.2. The molecule has 0 bridgehead atoms. The Morgan fingerprint density at radius 1 is 0.625 bits per heavy atom. The molecule has 0 aromatic heterocycles. The largest absolute Gasteiger partial charge is 0.485 e. The van der Waals surface area contributed by atoms with Crippen LogP contribution in [0.15, 0.2) is 123 Å². The van der Waals surface area contributed by atoms with E-state index in [0.29, 0.717) is 5.90 Å². The molecule has 264 valence electrons. The molecule has 0 atom stereocenters. The predicted octanol–water partition coefficient (Wildman–Crippen LogP) is 12.9. The summed E-state index contributed by atoms with van der Waals surface area (Å²) in [6, 6.07) is 35.2. The second-order valence-electron chi connectivity index (χ2n) is 10.2. The van der Waals surface area contributed by atoms with Crippen LogP contribution in [0.3, 0.4) is 0 Å². The van der Waals surface area contributed by atoms with Gasteiger partial charge in [-0.2, -0.15) is 11.8 Å². The van der Waals surface area contributed by atoms with Crippen LogP contribution in [-0.4, -0.2) is 56.3 Å².